The number of aliphatic hydroxyl groups is 3. The molecule has 1 saturated heterocycles. The third-order valence-electron chi connectivity index (χ3n) is 13.1. The van der Waals surface area contributed by atoms with Gasteiger partial charge in [0, 0.05) is 55.0 Å². The molecular formula is C33H48N4O6. The SMILES string of the molecule is CN=C(N)N1C=C[C@@]2(CNCCO)C=C[C@@H]3[C@@](O)([C@@H]4CC[C@H]5CC[C@@H](O)C[C@H]5O4)C(C(=O)O)=C4C[C@H]5CC[C@@H](C)[C@]43[C@]52C1. The first-order chi connectivity index (χ1) is 20.6. The maximum atomic E-state index is 13.4. The first-order valence-electron chi connectivity index (χ1n) is 16.3. The van der Waals surface area contributed by atoms with E-state index in [1.54, 1.807) is 7.05 Å². The van der Waals surface area contributed by atoms with Gasteiger partial charge in [0.15, 0.2) is 5.96 Å². The number of aliphatic imine (C=N–C) groups is 1. The van der Waals surface area contributed by atoms with E-state index in [0.29, 0.717) is 50.8 Å². The number of hydrogen-bond donors (Lipinski definition) is 6. The Balaban J connectivity index is 1.43. The topological polar surface area (TPSA) is 161 Å². The van der Waals surface area contributed by atoms with Crippen LogP contribution in [0.25, 0.3) is 0 Å². The summed E-state index contributed by atoms with van der Waals surface area (Å²) in [4.78, 5) is 19.8. The van der Waals surface area contributed by atoms with Crippen molar-refractivity contribution in [3.8, 4) is 0 Å². The second kappa shape index (κ2) is 10.1. The molecule has 7 aliphatic rings. The first kappa shape index (κ1) is 29.5. The molecule has 0 aromatic heterocycles. The van der Waals surface area contributed by atoms with Crippen molar-refractivity contribution in [1.82, 2.24) is 10.2 Å². The number of hydrogen-bond acceptors (Lipinski definition) is 7. The van der Waals surface area contributed by atoms with E-state index in [4.69, 9.17) is 10.5 Å². The zero-order valence-electron chi connectivity index (χ0n) is 25.4. The normalized spacial score (nSPS) is 48.3. The van der Waals surface area contributed by atoms with Gasteiger partial charge >= 0.3 is 5.97 Å². The lowest BCUT2D eigenvalue weighted by Gasteiger charge is -2.69. The number of guanidine groups is 1. The van der Waals surface area contributed by atoms with E-state index in [1.807, 2.05) is 11.1 Å². The van der Waals surface area contributed by atoms with E-state index >= 15 is 0 Å². The fourth-order valence-electron chi connectivity index (χ4n) is 11.7. The largest absolute Gasteiger partial charge is 0.478 e. The van der Waals surface area contributed by atoms with Crippen LogP contribution >= 0.6 is 0 Å². The number of carbonyl (C=O) groups is 1. The minimum Gasteiger partial charge on any atom is -0.478 e. The number of nitrogens with two attached hydrogens (primary N) is 1. The molecule has 2 spiro atoms. The number of fused-ring (bicyclic) bond motifs is 1. The van der Waals surface area contributed by atoms with Gasteiger partial charge in [-0.15, -0.1) is 0 Å². The predicted molar refractivity (Wildman–Crippen MR) is 161 cm³/mol. The fourth-order valence-corrected chi connectivity index (χ4v) is 11.7. The molecule has 0 radical (unpaired) electrons. The molecule has 2 aliphatic heterocycles. The molecule has 0 aromatic carbocycles. The molecule has 2 bridgehead atoms. The highest BCUT2D eigenvalue weighted by atomic mass is 16.5. The van der Waals surface area contributed by atoms with E-state index in [0.717, 1.165) is 37.7 Å². The lowest BCUT2D eigenvalue weighted by molar-refractivity contribution is -0.219. The molecule has 4 fully saturated rings. The van der Waals surface area contributed by atoms with E-state index in [-0.39, 0.29) is 30.1 Å². The van der Waals surface area contributed by atoms with Gasteiger partial charge in [-0.2, -0.15) is 0 Å². The monoisotopic (exact) mass is 596 g/mol. The molecule has 0 unspecified atom stereocenters. The molecule has 236 valence electrons. The molecule has 7 rings (SSSR count). The molecule has 5 aliphatic carbocycles. The Labute approximate surface area is 253 Å². The fraction of sp³-hybridized carbons (Fsp3) is 0.758. The molecule has 11 atom stereocenters. The van der Waals surface area contributed by atoms with E-state index in [2.05, 4.69) is 35.5 Å². The number of aliphatic carboxylic acids is 1. The summed E-state index contributed by atoms with van der Waals surface area (Å²) in [5.41, 5.74) is 4.23. The van der Waals surface area contributed by atoms with Crippen molar-refractivity contribution in [1.29, 1.82) is 0 Å². The van der Waals surface area contributed by atoms with Gasteiger partial charge in [0.2, 0.25) is 0 Å². The molecule has 0 aromatic rings. The second-order valence-electron chi connectivity index (χ2n) is 14.5. The molecule has 10 heteroatoms. The number of nitrogens with zero attached hydrogens (tertiary/aromatic N) is 2. The lowest BCUT2D eigenvalue weighted by Crippen LogP contribution is -2.71. The van der Waals surface area contributed by atoms with Crippen LogP contribution < -0.4 is 11.1 Å². The van der Waals surface area contributed by atoms with Crippen molar-refractivity contribution < 1.29 is 30.0 Å². The van der Waals surface area contributed by atoms with Gasteiger partial charge < -0.3 is 41.1 Å². The average molecular weight is 597 g/mol. The van der Waals surface area contributed by atoms with Crippen molar-refractivity contribution in [2.75, 3.05) is 33.3 Å². The summed E-state index contributed by atoms with van der Waals surface area (Å²) in [6, 6.07) is 0. The van der Waals surface area contributed by atoms with E-state index < -0.39 is 45.9 Å². The summed E-state index contributed by atoms with van der Waals surface area (Å²) in [6.07, 6.45) is 13.5. The molecule has 43 heavy (non-hydrogen) atoms. The molecule has 10 nitrogen and oxygen atoms in total. The number of aliphatic hydroxyl groups excluding tert-OH is 2. The zero-order valence-corrected chi connectivity index (χ0v) is 25.4. The highest BCUT2D eigenvalue weighted by Crippen LogP contribution is 2.83. The van der Waals surface area contributed by atoms with Crippen LogP contribution in [0.15, 0.2) is 40.6 Å². The minimum atomic E-state index is -1.70. The number of ether oxygens (including phenoxy) is 1. The van der Waals surface area contributed by atoms with Gasteiger partial charge in [0.1, 0.15) is 5.60 Å². The number of carboxylic acids is 1. The summed E-state index contributed by atoms with van der Waals surface area (Å²) in [5, 5.41) is 47.7. The van der Waals surface area contributed by atoms with Crippen LogP contribution in [0.1, 0.15) is 58.3 Å². The van der Waals surface area contributed by atoms with Crippen molar-refractivity contribution in [3.63, 3.8) is 0 Å². The molecular weight excluding hydrogens is 548 g/mol. The smallest absolute Gasteiger partial charge is 0.334 e. The Morgan fingerprint density at radius 1 is 1.21 bits per heavy atom. The summed E-state index contributed by atoms with van der Waals surface area (Å²) in [6.45, 7) is 3.89. The Kier molecular flexibility index (Phi) is 6.95. The molecule has 3 saturated carbocycles. The van der Waals surface area contributed by atoms with Gasteiger partial charge in [-0.05, 0) is 74.7 Å². The number of nitrogens with one attached hydrogen (secondary N) is 1. The van der Waals surface area contributed by atoms with Gasteiger partial charge in [-0.3, -0.25) is 4.99 Å². The number of allylic oxidation sites excluding steroid dienone is 1. The summed E-state index contributed by atoms with van der Waals surface area (Å²) in [7, 11) is 1.68. The third-order valence-corrected chi connectivity index (χ3v) is 13.1. The van der Waals surface area contributed by atoms with Crippen LogP contribution in [0.3, 0.4) is 0 Å². The Bertz CT molecular complexity index is 1300. The summed E-state index contributed by atoms with van der Waals surface area (Å²) in [5.74, 6) is -0.497. The van der Waals surface area contributed by atoms with Crippen molar-refractivity contribution in [3.05, 3.63) is 35.6 Å². The zero-order chi connectivity index (χ0) is 30.4. The summed E-state index contributed by atoms with van der Waals surface area (Å²) >= 11 is 0. The Morgan fingerprint density at radius 3 is 2.74 bits per heavy atom. The van der Waals surface area contributed by atoms with Gasteiger partial charge in [0.05, 0.1) is 30.5 Å². The van der Waals surface area contributed by atoms with Gasteiger partial charge in [-0.25, -0.2) is 4.79 Å². The van der Waals surface area contributed by atoms with E-state index in [1.165, 1.54) is 0 Å². The average Bonchev–Trinajstić information content (AvgIpc) is 3.34. The van der Waals surface area contributed by atoms with Crippen LogP contribution in [-0.4, -0.2) is 94.5 Å². The van der Waals surface area contributed by atoms with Crippen molar-refractivity contribution in [2.45, 2.75) is 82.2 Å². The summed E-state index contributed by atoms with van der Waals surface area (Å²) < 4.78 is 6.72. The standard InChI is InChI=1S/C33H48N4O6/c1-19-3-6-21-15-23-27(28(40)41)33(42,26-8-5-20-4-7-22(39)16-24(20)43-26)25-9-10-30(17-36-12-14-38)11-13-37(29(34)35-2)18-31(21,30)32(19,23)25/h9-11,13,19-22,24-26,36,38-39,42H,3-8,12,14-18H2,1-2H3,(H2,34,35)(H,40,41)/t19-,20-,21-,22-,24-,25+,26+,30-,31-,32+,33-/m1/s1. The second-order valence-corrected chi connectivity index (χ2v) is 14.5. The maximum Gasteiger partial charge on any atom is 0.334 e. The van der Waals surface area contributed by atoms with Gasteiger partial charge in [-0.1, -0.05) is 25.2 Å². The predicted octanol–water partition coefficient (Wildman–Crippen LogP) is 1.77. The Morgan fingerprint density at radius 2 is 2.00 bits per heavy atom. The minimum absolute atomic E-state index is 0.0234. The quantitative estimate of drug-likeness (QED) is 0.116. The van der Waals surface area contributed by atoms with Crippen LogP contribution in [0, 0.1) is 39.9 Å². The third kappa shape index (κ3) is 3.58. The molecule has 2 heterocycles. The highest BCUT2D eigenvalue weighted by Gasteiger charge is 2.83. The highest BCUT2D eigenvalue weighted by molar-refractivity contribution is 5.93. The van der Waals surface area contributed by atoms with Gasteiger partial charge in [0.25, 0.3) is 0 Å². The Hall–Kier alpha value is -2.24. The number of carboxylic acid groups (broad SMARTS) is 1. The molecule has 0 amide bonds. The molecule has 7 N–H and O–H groups in total. The van der Waals surface area contributed by atoms with Crippen LogP contribution in [0.2, 0.25) is 0 Å². The van der Waals surface area contributed by atoms with E-state index in [9.17, 15) is 25.2 Å². The van der Waals surface area contributed by atoms with Crippen LogP contribution in [-0.2, 0) is 9.53 Å². The lowest BCUT2D eigenvalue weighted by atomic mass is 9.36. The maximum absolute atomic E-state index is 13.4. The number of rotatable bonds is 6. The van der Waals surface area contributed by atoms with Crippen molar-refractivity contribution >= 4 is 11.9 Å². The van der Waals surface area contributed by atoms with Crippen molar-refractivity contribution in [2.24, 2.45) is 50.6 Å². The first-order valence-corrected chi connectivity index (χ1v) is 16.3. The van der Waals surface area contributed by atoms with Crippen LogP contribution in [0.5, 0.6) is 0 Å². The van der Waals surface area contributed by atoms with Crippen LogP contribution in [0.4, 0.5) is 0 Å².